The van der Waals surface area contributed by atoms with Gasteiger partial charge in [-0.2, -0.15) is 0 Å². The van der Waals surface area contributed by atoms with Gasteiger partial charge in [0.1, 0.15) is 29.6 Å². The van der Waals surface area contributed by atoms with E-state index in [-0.39, 0.29) is 19.0 Å². The Morgan fingerprint density at radius 3 is 2.65 bits per heavy atom. The van der Waals surface area contributed by atoms with Crippen molar-refractivity contribution in [3.05, 3.63) is 64.8 Å². The number of halogens is 1. The van der Waals surface area contributed by atoms with Crippen LogP contribution < -0.4 is 4.74 Å². The summed E-state index contributed by atoms with van der Waals surface area (Å²) in [4.78, 5) is 18.1. The molecule has 0 atom stereocenters. The van der Waals surface area contributed by atoms with Crippen LogP contribution in [0.25, 0.3) is 11.3 Å². The van der Waals surface area contributed by atoms with Gasteiger partial charge >= 0.3 is 0 Å². The first-order valence-electron chi connectivity index (χ1n) is 9.48. The molecule has 0 saturated carbocycles. The molecule has 0 bridgehead atoms. The zero-order valence-corrected chi connectivity index (χ0v) is 17.8. The lowest BCUT2D eigenvalue weighted by Gasteiger charge is -2.13. The lowest BCUT2D eigenvalue weighted by Crippen LogP contribution is -2.31. The molecule has 0 fully saturated rings. The summed E-state index contributed by atoms with van der Waals surface area (Å²) in [7, 11) is -3.40. The Bertz CT molecular complexity index is 1240. The molecule has 31 heavy (non-hydrogen) atoms. The largest absolute Gasteiger partial charge is 0.473 e. The lowest BCUT2D eigenvalue weighted by molar-refractivity contribution is -0.129. The molecule has 3 heterocycles. The number of fused-ring (bicyclic) bond motifs is 1. The summed E-state index contributed by atoms with van der Waals surface area (Å²) in [6.45, 7) is 2.45. The van der Waals surface area contributed by atoms with Gasteiger partial charge in [-0.05, 0) is 42.8 Å². The number of ether oxygens (including phenoxy) is 1. The minimum Gasteiger partial charge on any atom is -0.473 e. The van der Waals surface area contributed by atoms with E-state index in [4.69, 9.17) is 9.26 Å². The first-order chi connectivity index (χ1) is 14.7. The smallest absolute Gasteiger partial charge is 0.238 e. The van der Waals surface area contributed by atoms with E-state index in [9.17, 15) is 17.6 Å². The highest BCUT2D eigenvalue weighted by Crippen LogP contribution is 2.28. The molecule has 1 aliphatic rings. The van der Waals surface area contributed by atoms with Gasteiger partial charge in [0.2, 0.25) is 11.8 Å². The normalized spacial score (nSPS) is 13.3. The summed E-state index contributed by atoms with van der Waals surface area (Å²) in [5.41, 5.74) is 3.51. The second kappa shape index (κ2) is 8.10. The average Bonchev–Trinajstić information content (AvgIpc) is 3.29. The number of aryl methyl sites for hydroxylation is 1. The van der Waals surface area contributed by atoms with Gasteiger partial charge < -0.3 is 14.2 Å². The monoisotopic (exact) mass is 445 g/mol. The third kappa shape index (κ3) is 4.74. The molecular formula is C21H20FN3O5S. The minimum atomic E-state index is -3.40. The molecular weight excluding hydrogens is 425 g/mol. The van der Waals surface area contributed by atoms with Gasteiger partial charge in [0.15, 0.2) is 9.84 Å². The molecule has 3 aromatic rings. The number of sulfone groups is 1. The molecule has 0 aliphatic carbocycles. The molecule has 8 nitrogen and oxygen atoms in total. The Morgan fingerprint density at radius 1 is 1.19 bits per heavy atom. The predicted molar refractivity (Wildman–Crippen MR) is 109 cm³/mol. The van der Waals surface area contributed by atoms with E-state index in [2.05, 4.69) is 10.1 Å². The van der Waals surface area contributed by atoms with Gasteiger partial charge in [-0.25, -0.2) is 17.8 Å². The number of hydrogen-bond acceptors (Lipinski definition) is 7. The van der Waals surface area contributed by atoms with Gasteiger partial charge in [0, 0.05) is 24.4 Å². The number of nitrogens with zero attached hydrogens (tertiary/aromatic N) is 3. The third-order valence-electron chi connectivity index (χ3n) is 4.95. The number of benzene rings is 1. The highest BCUT2D eigenvalue weighted by Gasteiger charge is 2.27. The Hall–Kier alpha value is -3.27. The van der Waals surface area contributed by atoms with Gasteiger partial charge in [0.25, 0.3) is 0 Å². The second-order valence-electron chi connectivity index (χ2n) is 7.44. The van der Waals surface area contributed by atoms with Crippen molar-refractivity contribution >= 4 is 15.7 Å². The second-order valence-corrected chi connectivity index (χ2v) is 9.58. The fraction of sp³-hybridized carbons (Fsp3) is 0.286. The van der Waals surface area contributed by atoms with E-state index in [1.165, 1.54) is 17.0 Å². The zero-order valence-electron chi connectivity index (χ0n) is 17.0. The van der Waals surface area contributed by atoms with Crippen LogP contribution in [0.1, 0.15) is 22.6 Å². The van der Waals surface area contributed by atoms with Crippen LogP contribution >= 0.6 is 0 Å². The number of pyridine rings is 1. The highest BCUT2D eigenvalue weighted by atomic mass is 32.2. The number of aromatic nitrogens is 2. The highest BCUT2D eigenvalue weighted by molar-refractivity contribution is 7.91. The zero-order chi connectivity index (χ0) is 22.2. The van der Waals surface area contributed by atoms with Crippen LogP contribution in [0.15, 0.2) is 40.9 Å². The standard InChI is InChI=1S/C21H20FN3O5S/c1-13-17(21(24-30-13)14-3-6-16(22)7-4-14)11-29-19-8-5-15-9-25(10-18(15)23-19)20(26)12-31(2,27)28/h3-8H,9-12H2,1-2H3. The van der Waals surface area contributed by atoms with Gasteiger partial charge in [0.05, 0.1) is 17.8 Å². The molecule has 0 unspecified atom stereocenters. The van der Waals surface area contributed by atoms with E-state index in [1.54, 1.807) is 25.1 Å². The molecule has 10 heteroatoms. The molecule has 0 radical (unpaired) electrons. The Labute approximate surface area is 178 Å². The minimum absolute atomic E-state index is 0.143. The van der Waals surface area contributed by atoms with Crippen molar-refractivity contribution < 1.29 is 26.9 Å². The third-order valence-corrected chi connectivity index (χ3v) is 5.72. The van der Waals surface area contributed by atoms with E-state index in [1.807, 2.05) is 6.07 Å². The van der Waals surface area contributed by atoms with Crippen molar-refractivity contribution in [1.82, 2.24) is 15.0 Å². The first kappa shape index (κ1) is 21.0. The molecule has 1 aliphatic heterocycles. The fourth-order valence-electron chi connectivity index (χ4n) is 3.35. The van der Waals surface area contributed by atoms with Crippen molar-refractivity contribution in [1.29, 1.82) is 0 Å². The fourth-order valence-corrected chi connectivity index (χ4v) is 3.98. The Balaban J connectivity index is 1.46. The van der Waals surface area contributed by atoms with Crippen molar-refractivity contribution in [2.24, 2.45) is 0 Å². The Morgan fingerprint density at radius 2 is 1.94 bits per heavy atom. The Kier molecular flexibility index (Phi) is 5.48. The van der Waals surface area contributed by atoms with Crippen LogP contribution in [0, 0.1) is 12.7 Å². The molecule has 2 aromatic heterocycles. The van der Waals surface area contributed by atoms with Crippen molar-refractivity contribution in [3.8, 4) is 17.1 Å². The van der Waals surface area contributed by atoms with Gasteiger partial charge in [-0.1, -0.05) is 5.16 Å². The van der Waals surface area contributed by atoms with E-state index >= 15 is 0 Å². The number of rotatable bonds is 6. The quantitative estimate of drug-likeness (QED) is 0.575. The number of carbonyl (C=O) groups is 1. The molecule has 0 spiro atoms. The summed E-state index contributed by atoms with van der Waals surface area (Å²) in [5, 5.41) is 4.05. The number of hydrogen-bond donors (Lipinski definition) is 0. The van der Waals surface area contributed by atoms with Crippen molar-refractivity contribution in [3.63, 3.8) is 0 Å². The predicted octanol–water partition coefficient (Wildman–Crippen LogP) is 2.65. The summed E-state index contributed by atoms with van der Waals surface area (Å²) in [6, 6.07) is 9.44. The van der Waals surface area contributed by atoms with E-state index in [0.717, 1.165) is 17.4 Å². The maximum atomic E-state index is 13.2. The van der Waals surface area contributed by atoms with Crippen LogP contribution in [0.3, 0.4) is 0 Å². The number of carbonyl (C=O) groups excluding carboxylic acids is 1. The number of amides is 1. The van der Waals surface area contributed by atoms with Gasteiger partial charge in [-0.15, -0.1) is 0 Å². The summed E-state index contributed by atoms with van der Waals surface area (Å²) < 4.78 is 47.1. The maximum absolute atomic E-state index is 13.2. The summed E-state index contributed by atoms with van der Waals surface area (Å²) >= 11 is 0. The van der Waals surface area contributed by atoms with Crippen molar-refractivity contribution in [2.75, 3.05) is 12.0 Å². The van der Waals surface area contributed by atoms with Crippen LogP contribution in [0.2, 0.25) is 0 Å². The van der Waals surface area contributed by atoms with E-state index in [0.29, 0.717) is 35.1 Å². The van der Waals surface area contributed by atoms with E-state index < -0.39 is 21.5 Å². The average molecular weight is 445 g/mol. The molecule has 0 saturated heterocycles. The lowest BCUT2D eigenvalue weighted by atomic mass is 10.1. The van der Waals surface area contributed by atoms with Gasteiger partial charge in [-0.3, -0.25) is 4.79 Å². The topological polar surface area (TPSA) is 103 Å². The van der Waals surface area contributed by atoms with Crippen molar-refractivity contribution in [2.45, 2.75) is 26.6 Å². The molecule has 162 valence electrons. The summed E-state index contributed by atoms with van der Waals surface area (Å²) in [5.74, 6) is -0.372. The first-order valence-corrected chi connectivity index (χ1v) is 11.5. The van der Waals surface area contributed by atoms with Crippen LogP contribution in [0.4, 0.5) is 4.39 Å². The van der Waals surface area contributed by atoms with Crippen LogP contribution in [-0.2, 0) is 34.3 Å². The molecule has 4 rings (SSSR count). The SMILES string of the molecule is Cc1onc(-c2ccc(F)cc2)c1COc1ccc2c(n1)CN(C(=O)CS(C)(=O)=O)C2. The summed E-state index contributed by atoms with van der Waals surface area (Å²) in [6.07, 6.45) is 1.03. The maximum Gasteiger partial charge on any atom is 0.238 e. The molecule has 0 N–H and O–H groups in total. The molecule has 1 aromatic carbocycles. The van der Waals surface area contributed by atoms with Crippen LogP contribution in [-0.4, -0.2) is 41.4 Å². The molecule has 1 amide bonds. The van der Waals surface area contributed by atoms with Crippen LogP contribution in [0.5, 0.6) is 5.88 Å².